The first-order valence-electron chi connectivity index (χ1n) is 12.9. The topological polar surface area (TPSA) is 171 Å². The van der Waals surface area contributed by atoms with Crippen molar-refractivity contribution in [3.63, 3.8) is 0 Å². The zero-order valence-corrected chi connectivity index (χ0v) is 22.0. The highest BCUT2D eigenvalue weighted by Crippen LogP contribution is 2.08. The average molecular weight is 542 g/mol. The van der Waals surface area contributed by atoms with Crippen molar-refractivity contribution in [3.8, 4) is 0 Å². The van der Waals surface area contributed by atoms with Crippen molar-refractivity contribution < 1.29 is 33.6 Å². The van der Waals surface area contributed by atoms with Gasteiger partial charge in [-0.05, 0) is 18.4 Å². The van der Waals surface area contributed by atoms with E-state index >= 15 is 0 Å². The summed E-state index contributed by atoms with van der Waals surface area (Å²) in [4.78, 5) is 84.7. The Morgan fingerprint density at radius 3 is 2.08 bits per heavy atom. The third-order valence-corrected chi connectivity index (χ3v) is 5.87. The van der Waals surface area contributed by atoms with Gasteiger partial charge in [0, 0.05) is 38.0 Å². The maximum Gasteiger partial charge on any atom is 0.253 e. The lowest BCUT2D eigenvalue weighted by Crippen LogP contribution is -2.51. The number of hydrogen-bond acceptors (Lipinski definition) is 7. The molecule has 12 nitrogen and oxygen atoms in total. The quantitative estimate of drug-likeness (QED) is 0.152. The Morgan fingerprint density at radius 1 is 0.769 bits per heavy atom. The largest absolute Gasteiger partial charge is 0.347 e. The van der Waals surface area contributed by atoms with Crippen LogP contribution in [0.4, 0.5) is 0 Å². The molecule has 0 saturated carbocycles. The molecule has 1 atom stereocenters. The van der Waals surface area contributed by atoms with Crippen molar-refractivity contribution in [2.24, 2.45) is 0 Å². The van der Waals surface area contributed by atoms with Gasteiger partial charge in [0.25, 0.3) is 11.8 Å². The number of nitrogens with one attached hydrogen (secondary N) is 4. The van der Waals surface area contributed by atoms with Crippen LogP contribution < -0.4 is 21.3 Å². The van der Waals surface area contributed by atoms with Gasteiger partial charge in [0.2, 0.25) is 23.6 Å². The summed E-state index contributed by atoms with van der Waals surface area (Å²) < 4.78 is 0. The van der Waals surface area contributed by atoms with Crippen LogP contribution in [0.2, 0.25) is 0 Å². The Hall–Kier alpha value is -4.35. The lowest BCUT2D eigenvalue weighted by atomic mass is 10.1. The van der Waals surface area contributed by atoms with Crippen molar-refractivity contribution in [1.29, 1.82) is 0 Å². The normalized spacial score (nSPS) is 13.1. The highest BCUT2D eigenvalue weighted by atomic mass is 16.2. The van der Waals surface area contributed by atoms with E-state index in [-0.39, 0.29) is 55.9 Å². The molecule has 12 heteroatoms. The second kappa shape index (κ2) is 16.5. The molecule has 0 unspecified atom stereocenters. The number of nitrogens with zero attached hydrogens (tertiary/aromatic N) is 1. The molecule has 4 N–H and O–H groups in total. The van der Waals surface area contributed by atoms with Gasteiger partial charge >= 0.3 is 0 Å². The van der Waals surface area contributed by atoms with Crippen LogP contribution in [0.25, 0.3) is 0 Å². The van der Waals surface area contributed by atoms with Crippen LogP contribution in [0, 0.1) is 0 Å². The average Bonchev–Trinajstić information content (AvgIpc) is 3.25. The molecular formula is C27H35N5O7. The second-order valence-electron chi connectivity index (χ2n) is 8.95. The van der Waals surface area contributed by atoms with Crippen LogP contribution >= 0.6 is 0 Å². The lowest BCUT2D eigenvalue weighted by molar-refractivity contribution is -0.137. The first-order chi connectivity index (χ1) is 18.7. The molecule has 1 aliphatic heterocycles. The number of ketones is 1. The molecule has 0 radical (unpaired) electrons. The lowest BCUT2D eigenvalue weighted by Gasteiger charge is -2.19. The predicted molar refractivity (Wildman–Crippen MR) is 141 cm³/mol. The third kappa shape index (κ3) is 11.7. The van der Waals surface area contributed by atoms with Gasteiger partial charge in [0.05, 0.1) is 19.6 Å². The summed E-state index contributed by atoms with van der Waals surface area (Å²) in [6.45, 7) is 1.13. The number of Topliss-reactive ketones (excluding diaryl/α,β-unsaturated/α-hetero) is 1. The molecule has 6 amide bonds. The minimum absolute atomic E-state index is 0.137. The zero-order chi connectivity index (χ0) is 28.6. The van der Waals surface area contributed by atoms with Crippen molar-refractivity contribution in [2.75, 3.05) is 26.2 Å². The SMILES string of the molecule is CCC(=O)CNC(=O)[C@H](Cc1ccccc1)NC(=O)CNC(=O)CNC(=O)CCCCCN1C(=O)C=CC1=O. The molecule has 1 aliphatic rings. The van der Waals surface area contributed by atoms with E-state index in [0.29, 0.717) is 25.8 Å². The summed E-state index contributed by atoms with van der Waals surface area (Å²) in [5, 5.41) is 9.97. The van der Waals surface area contributed by atoms with Gasteiger partial charge in [-0.3, -0.25) is 38.5 Å². The fourth-order valence-corrected chi connectivity index (χ4v) is 3.63. The van der Waals surface area contributed by atoms with Crippen LogP contribution in [0.3, 0.4) is 0 Å². The van der Waals surface area contributed by atoms with E-state index in [1.807, 2.05) is 6.07 Å². The minimum atomic E-state index is -0.945. The molecule has 39 heavy (non-hydrogen) atoms. The summed E-state index contributed by atoms with van der Waals surface area (Å²) in [5.74, 6) is -2.84. The Bertz CT molecular complexity index is 1070. The van der Waals surface area contributed by atoms with E-state index < -0.39 is 30.3 Å². The van der Waals surface area contributed by atoms with Crippen LogP contribution in [-0.4, -0.2) is 78.3 Å². The number of hydrogen-bond donors (Lipinski definition) is 4. The second-order valence-corrected chi connectivity index (χ2v) is 8.95. The molecule has 0 bridgehead atoms. The van der Waals surface area contributed by atoms with E-state index in [4.69, 9.17) is 0 Å². The Labute approximate surface area is 226 Å². The maximum atomic E-state index is 12.6. The van der Waals surface area contributed by atoms with Gasteiger partial charge < -0.3 is 21.3 Å². The summed E-state index contributed by atoms with van der Waals surface area (Å²) in [7, 11) is 0. The number of benzene rings is 1. The maximum absolute atomic E-state index is 12.6. The summed E-state index contributed by atoms with van der Waals surface area (Å²) >= 11 is 0. The summed E-state index contributed by atoms with van der Waals surface area (Å²) in [6, 6.07) is 8.10. The molecule has 1 aromatic carbocycles. The summed E-state index contributed by atoms with van der Waals surface area (Å²) in [6.07, 6.45) is 4.81. The number of carbonyl (C=O) groups excluding carboxylic acids is 7. The van der Waals surface area contributed by atoms with Gasteiger partial charge in [0.15, 0.2) is 5.78 Å². The number of rotatable bonds is 17. The highest BCUT2D eigenvalue weighted by molar-refractivity contribution is 6.12. The third-order valence-electron chi connectivity index (χ3n) is 5.87. The van der Waals surface area contributed by atoms with Gasteiger partial charge in [0.1, 0.15) is 6.04 Å². The monoisotopic (exact) mass is 541 g/mol. The zero-order valence-electron chi connectivity index (χ0n) is 22.0. The standard InChI is InChI=1S/C27H35N5O7/c1-2-20(33)16-30-27(39)21(15-19-9-5-3-6-10-19)31-24(36)18-29-23(35)17-28-22(34)11-7-4-8-14-32-25(37)12-13-26(32)38/h3,5-6,9-10,12-13,21H,2,4,7-8,11,14-18H2,1H3,(H,28,34)(H,29,35)(H,30,39)(H,31,36)/t21-/m0/s1. The minimum Gasteiger partial charge on any atom is -0.347 e. The molecule has 0 spiro atoms. The predicted octanol–water partition coefficient (Wildman–Crippen LogP) is -0.473. The molecule has 0 aliphatic carbocycles. The number of amides is 6. The summed E-state index contributed by atoms with van der Waals surface area (Å²) in [5.41, 5.74) is 0.807. The Kier molecular flexibility index (Phi) is 13.0. The van der Waals surface area contributed by atoms with E-state index in [1.54, 1.807) is 31.2 Å². The smallest absolute Gasteiger partial charge is 0.253 e. The molecule has 0 saturated heterocycles. The van der Waals surface area contributed by atoms with Crippen molar-refractivity contribution in [3.05, 3.63) is 48.0 Å². The fourth-order valence-electron chi connectivity index (χ4n) is 3.63. The number of imide groups is 1. The van der Waals surface area contributed by atoms with Crippen LogP contribution in [0.5, 0.6) is 0 Å². The van der Waals surface area contributed by atoms with Gasteiger partial charge in [-0.25, -0.2) is 0 Å². The Balaban J connectivity index is 1.67. The van der Waals surface area contributed by atoms with Crippen molar-refractivity contribution in [1.82, 2.24) is 26.2 Å². The Morgan fingerprint density at radius 2 is 1.41 bits per heavy atom. The molecule has 210 valence electrons. The first kappa shape index (κ1) is 30.9. The van der Waals surface area contributed by atoms with Crippen LogP contribution in [-0.2, 0) is 40.0 Å². The molecule has 0 aromatic heterocycles. The first-order valence-corrected chi connectivity index (χ1v) is 12.9. The van der Waals surface area contributed by atoms with Gasteiger partial charge in [-0.15, -0.1) is 0 Å². The van der Waals surface area contributed by atoms with Crippen molar-refractivity contribution >= 4 is 41.2 Å². The fraction of sp³-hybridized carbons (Fsp3) is 0.444. The molecule has 0 fully saturated rings. The molecule has 1 aromatic rings. The van der Waals surface area contributed by atoms with Crippen LogP contribution in [0.1, 0.15) is 44.6 Å². The van der Waals surface area contributed by atoms with Gasteiger partial charge in [-0.2, -0.15) is 0 Å². The molecule has 1 heterocycles. The number of unbranched alkanes of at least 4 members (excludes halogenated alkanes) is 2. The number of carbonyl (C=O) groups is 7. The van der Waals surface area contributed by atoms with E-state index in [1.165, 1.54) is 12.2 Å². The van der Waals surface area contributed by atoms with E-state index in [2.05, 4.69) is 21.3 Å². The van der Waals surface area contributed by atoms with E-state index in [9.17, 15) is 33.6 Å². The van der Waals surface area contributed by atoms with Crippen molar-refractivity contribution in [2.45, 2.75) is 51.5 Å². The van der Waals surface area contributed by atoms with Gasteiger partial charge in [-0.1, -0.05) is 43.7 Å². The molecular weight excluding hydrogens is 506 g/mol. The van der Waals surface area contributed by atoms with E-state index in [0.717, 1.165) is 10.5 Å². The molecule has 2 rings (SSSR count). The van der Waals surface area contributed by atoms with Crippen LogP contribution in [0.15, 0.2) is 42.5 Å². The highest BCUT2D eigenvalue weighted by Gasteiger charge is 2.23.